The number of aromatic nitrogens is 1. The molecule has 104 valence electrons. The molecule has 7 heteroatoms. The van der Waals surface area contributed by atoms with Crippen LogP contribution < -0.4 is 5.32 Å². The number of hydrogen-bond acceptors (Lipinski definition) is 5. The lowest BCUT2D eigenvalue weighted by atomic mass is 10.4. The average molecular weight is 354 g/mol. The van der Waals surface area contributed by atoms with Crippen LogP contribution in [0.15, 0.2) is 50.8 Å². The topological polar surface area (TPSA) is 68.1 Å². The van der Waals surface area contributed by atoms with Crippen molar-refractivity contribution < 1.29 is 4.92 Å². The number of nitrogens with one attached hydrogen (secondary N) is 1. The minimum Gasteiger partial charge on any atom is -0.370 e. The molecule has 0 aliphatic heterocycles. The van der Waals surface area contributed by atoms with Crippen molar-refractivity contribution in [2.24, 2.45) is 0 Å². The Balaban J connectivity index is 2.29. The summed E-state index contributed by atoms with van der Waals surface area (Å²) < 4.78 is 0.988. The first-order valence-corrected chi connectivity index (χ1v) is 7.53. The molecule has 0 saturated heterocycles. The quantitative estimate of drug-likeness (QED) is 0.639. The summed E-state index contributed by atoms with van der Waals surface area (Å²) in [7, 11) is 0. The van der Waals surface area contributed by atoms with Gasteiger partial charge in [0.2, 0.25) is 0 Å². The molecule has 1 heterocycles. The molecule has 2 rings (SSSR count). The van der Waals surface area contributed by atoms with Gasteiger partial charge >= 0.3 is 0 Å². The molecule has 0 saturated carbocycles. The smallest absolute Gasteiger partial charge is 0.275 e. The Morgan fingerprint density at radius 3 is 2.65 bits per heavy atom. The van der Waals surface area contributed by atoms with Gasteiger partial charge in [-0.25, -0.2) is 4.98 Å². The lowest BCUT2D eigenvalue weighted by Gasteiger charge is -2.06. The number of pyridine rings is 1. The van der Waals surface area contributed by atoms with E-state index >= 15 is 0 Å². The second-order valence-electron chi connectivity index (χ2n) is 3.89. The van der Waals surface area contributed by atoms with E-state index in [4.69, 9.17) is 0 Å². The highest BCUT2D eigenvalue weighted by Crippen LogP contribution is 2.31. The Kier molecular flexibility index (Phi) is 4.97. The van der Waals surface area contributed by atoms with Crippen molar-refractivity contribution in [3.05, 3.63) is 51.0 Å². The molecule has 20 heavy (non-hydrogen) atoms. The van der Waals surface area contributed by atoms with Gasteiger partial charge in [0.25, 0.3) is 5.69 Å². The number of benzene rings is 1. The molecule has 0 radical (unpaired) electrons. The van der Waals surface area contributed by atoms with Crippen LogP contribution in [0.25, 0.3) is 0 Å². The van der Waals surface area contributed by atoms with Gasteiger partial charge in [0.15, 0.2) is 0 Å². The lowest BCUT2D eigenvalue weighted by Crippen LogP contribution is -2.01. The summed E-state index contributed by atoms with van der Waals surface area (Å²) in [6.45, 7) is 2.58. The normalized spacial score (nSPS) is 10.3. The molecular formula is C13H12BrN3O2S. The van der Waals surface area contributed by atoms with E-state index in [2.05, 4.69) is 26.2 Å². The van der Waals surface area contributed by atoms with Gasteiger partial charge in [0, 0.05) is 22.0 Å². The van der Waals surface area contributed by atoms with Crippen LogP contribution in [-0.2, 0) is 0 Å². The second kappa shape index (κ2) is 6.71. The molecule has 0 unspecified atom stereocenters. The van der Waals surface area contributed by atoms with Crippen molar-refractivity contribution in [2.45, 2.75) is 16.8 Å². The van der Waals surface area contributed by atoms with E-state index in [-0.39, 0.29) is 5.69 Å². The van der Waals surface area contributed by atoms with Crippen molar-refractivity contribution in [1.29, 1.82) is 0 Å². The van der Waals surface area contributed by atoms with Crippen molar-refractivity contribution in [1.82, 2.24) is 4.98 Å². The van der Waals surface area contributed by atoms with Gasteiger partial charge in [-0.05, 0) is 31.2 Å². The van der Waals surface area contributed by atoms with E-state index < -0.39 is 4.92 Å². The first-order valence-electron chi connectivity index (χ1n) is 5.92. The minimum absolute atomic E-state index is 0.0376. The van der Waals surface area contributed by atoms with Crippen molar-refractivity contribution in [3.8, 4) is 0 Å². The highest BCUT2D eigenvalue weighted by Gasteiger charge is 2.12. The van der Waals surface area contributed by atoms with E-state index in [1.54, 1.807) is 0 Å². The maximum absolute atomic E-state index is 10.9. The molecule has 0 aliphatic carbocycles. The zero-order chi connectivity index (χ0) is 14.5. The van der Waals surface area contributed by atoms with Crippen LogP contribution in [0.1, 0.15) is 6.92 Å². The van der Waals surface area contributed by atoms with Gasteiger partial charge in [-0.3, -0.25) is 10.1 Å². The van der Waals surface area contributed by atoms with Crippen LogP contribution in [0, 0.1) is 10.1 Å². The van der Waals surface area contributed by atoms with E-state index in [9.17, 15) is 10.1 Å². The maximum Gasteiger partial charge on any atom is 0.275 e. The van der Waals surface area contributed by atoms with E-state index in [0.717, 1.165) is 9.37 Å². The van der Waals surface area contributed by atoms with Crippen LogP contribution >= 0.6 is 27.7 Å². The highest BCUT2D eigenvalue weighted by molar-refractivity contribution is 9.10. The Hall–Kier alpha value is -1.60. The molecular weight excluding hydrogens is 342 g/mol. The molecule has 2 aromatic rings. The van der Waals surface area contributed by atoms with Gasteiger partial charge in [-0.1, -0.05) is 27.7 Å². The number of halogens is 1. The fourth-order valence-corrected chi connectivity index (χ4v) is 2.65. The molecule has 0 aliphatic rings. The summed E-state index contributed by atoms with van der Waals surface area (Å²) in [6, 6.07) is 10.6. The third-order valence-electron chi connectivity index (χ3n) is 2.39. The summed E-state index contributed by atoms with van der Waals surface area (Å²) in [4.78, 5) is 15.9. The van der Waals surface area contributed by atoms with E-state index in [1.165, 1.54) is 23.9 Å². The molecule has 0 fully saturated rings. The summed E-state index contributed by atoms with van der Waals surface area (Å²) in [5.74, 6) is 0.515. The number of nitro groups is 1. The van der Waals surface area contributed by atoms with Crippen LogP contribution in [-0.4, -0.2) is 16.5 Å². The van der Waals surface area contributed by atoms with Gasteiger partial charge in [-0.2, -0.15) is 0 Å². The molecule has 1 aromatic heterocycles. The van der Waals surface area contributed by atoms with Crippen molar-refractivity contribution >= 4 is 39.2 Å². The fraction of sp³-hybridized carbons (Fsp3) is 0.154. The molecule has 0 amide bonds. The Morgan fingerprint density at radius 1 is 1.35 bits per heavy atom. The second-order valence-corrected chi connectivity index (χ2v) is 5.90. The summed E-state index contributed by atoms with van der Waals surface area (Å²) in [6.07, 6.45) is 0. The molecule has 0 atom stereocenters. The Bertz CT molecular complexity index is 620. The summed E-state index contributed by atoms with van der Waals surface area (Å²) >= 11 is 4.76. The zero-order valence-electron chi connectivity index (χ0n) is 10.7. The summed E-state index contributed by atoms with van der Waals surface area (Å²) in [5, 5.41) is 14.5. The van der Waals surface area contributed by atoms with E-state index in [1.807, 2.05) is 31.2 Å². The first-order chi connectivity index (χ1) is 9.58. The largest absolute Gasteiger partial charge is 0.370 e. The molecule has 1 N–H and O–H groups in total. The molecule has 5 nitrogen and oxygen atoms in total. The summed E-state index contributed by atoms with van der Waals surface area (Å²) in [5.41, 5.74) is 0.0376. The number of nitrogens with zero attached hydrogens (tertiary/aromatic N) is 2. The van der Waals surface area contributed by atoms with Crippen LogP contribution in [0.2, 0.25) is 0 Å². The molecule has 0 bridgehead atoms. The number of anilines is 1. The number of hydrogen-bond donors (Lipinski definition) is 1. The molecule has 0 spiro atoms. The lowest BCUT2D eigenvalue weighted by molar-refractivity contribution is -0.385. The van der Waals surface area contributed by atoms with Crippen LogP contribution in [0.5, 0.6) is 0 Å². The highest BCUT2D eigenvalue weighted by atomic mass is 79.9. The standard InChI is InChI=1S/C13H12BrN3O2S/c1-2-15-12-7-10(17(18)19)8-13(16-12)20-11-5-3-9(14)4-6-11/h3-8H,2H2,1H3,(H,15,16). The maximum atomic E-state index is 10.9. The van der Waals surface area contributed by atoms with Gasteiger partial charge in [-0.15, -0.1) is 0 Å². The van der Waals surface area contributed by atoms with Crippen LogP contribution in [0.3, 0.4) is 0 Å². The Morgan fingerprint density at radius 2 is 2.05 bits per heavy atom. The third-order valence-corrected chi connectivity index (χ3v) is 3.85. The van der Waals surface area contributed by atoms with Gasteiger partial charge in [0.1, 0.15) is 10.8 Å². The van der Waals surface area contributed by atoms with Crippen molar-refractivity contribution in [3.63, 3.8) is 0 Å². The minimum atomic E-state index is -0.409. The monoisotopic (exact) mass is 353 g/mol. The van der Waals surface area contributed by atoms with Gasteiger partial charge < -0.3 is 5.32 Å². The van der Waals surface area contributed by atoms with Crippen molar-refractivity contribution in [2.75, 3.05) is 11.9 Å². The number of rotatable bonds is 5. The Labute approximate surface area is 129 Å². The van der Waals surface area contributed by atoms with Gasteiger partial charge in [0.05, 0.1) is 11.0 Å². The van der Waals surface area contributed by atoms with E-state index in [0.29, 0.717) is 17.4 Å². The first kappa shape index (κ1) is 14.8. The fourth-order valence-electron chi connectivity index (χ4n) is 1.54. The predicted octanol–water partition coefficient (Wildman–Crippen LogP) is 4.34. The zero-order valence-corrected chi connectivity index (χ0v) is 13.1. The average Bonchev–Trinajstić information content (AvgIpc) is 2.41. The van der Waals surface area contributed by atoms with Crippen LogP contribution in [0.4, 0.5) is 11.5 Å². The molecule has 1 aromatic carbocycles. The third kappa shape index (κ3) is 3.94. The SMILES string of the molecule is CCNc1cc([N+](=O)[O-])cc(Sc2ccc(Br)cc2)n1. The predicted molar refractivity (Wildman–Crippen MR) is 83.3 cm³/mol.